The molecule has 0 aromatic heterocycles. The van der Waals surface area contributed by atoms with Crippen LogP contribution in [0.15, 0.2) is 12.8 Å². The van der Waals surface area contributed by atoms with Gasteiger partial charge < -0.3 is 13.8 Å². The van der Waals surface area contributed by atoms with Crippen LogP contribution >= 0.6 is 0 Å². The third kappa shape index (κ3) is 77.9. The quantitative estimate of drug-likeness (QED) is 0.173. The Labute approximate surface area is 97.4 Å². The van der Waals surface area contributed by atoms with Gasteiger partial charge in [0.15, 0.2) is 0 Å². The first-order valence-electron chi connectivity index (χ1n) is 2.05. The second kappa shape index (κ2) is 17.5. The van der Waals surface area contributed by atoms with Crippen molar-refractivity contribution in [3.63, 3.8) is 0 Å². The summed E-state index contributed by atoms with van der Waals surface area (Å²) in [5.74, 6) is -0.329. The van der Waals surface area contributed by atoms with Crippen LogP contribution in [0.25, 0.3) is 0 Å². The summed E-state index contributed by atoms with van der Waals surface area (Å²) in [5, 5.41) is 0. The molecule has 0 aliphatic heterocycles. The van der Waals surface area contributed by atoms with Gasteiger partial charge in [-0.15, -0.1) is 11.4 Å². The van der Waals surface area contributed by atoms with E-state index in [2.05, 4.69) is 11.3 Å². The van der Waals surface area contributed by atoms with Crippen molar-refractivity contribution in [2.24, 2.45) is 0 Å². The molecule has 0 unspecified atom stereocenters. The zero-order chi connectivity index (χ0) is 8.57. The molecule has 0 saturated heterocycles. The van der Waals surface area contributed by atoms with Gasteiger partial charge in [-0.2, -0.15) is 0 Å². The maximum Gasteiger partial charge on any atom is 1.00 e. The third-order valence-corrected chi connectivity index (χ3v) is 0.249. The van der Waals surface area contributed by atoms with Crippen molar-refractivity contribution in [3.8, 4) is 0 Å². The molecular weight excluding hydrogens is 174 g/mol. The summed E-state index contributed by atoms with van der Waals surface area (Å²) in [6.45, 7) is 4.48. The van der Waals surface area contributed by atoms with Gasteiger partial charge in [-0.25, -0.2) is 0 Å². The first-order valence-corrected chi connectivity index (χ1v) is 3.05. The standard InChI is InChI=1S/C4H6O2.2Li.H2O3S/c1-3-6-4(2)5;;;1-4(2)3/h3H,1H2,2H3;;;(H2,1,2,3)/q;2*+1;/p-2. The Kier molecular flexibility index (Phi) is 33.4. The van der Waals surface area contributed by atoms with E-state index in [9.17, 15) is 4.79 Å². The van der Waals surface area contributed by atoms with Crippen molar-refractivity contribution < 1.29 is 60.6 Å². The van der Waals surface area contributed by atoms with E-state index in [-0.39, 0.29) is 43.7 Å². The Morgan fingerprint density at radius 3 is 1.75 bits per heavy atom. The van der Waals surface area contributed by atoms with Crippen LogP contribution in [-0.4, -0.2) is 19.3 Å². The molecule has 0 bridgehead atoms. The van der Waals surface area contributed by atoms with Gasteiger partial charge in [-0.1, -0.05) is 6.58 Å². The first-order chi connectivity index (χ1) is 4.50. The number of hydrogen-bond donors (Lipinski definition) is 0. The third-order valence-electron chi connectivity index (χ3n) is 0.249. The Balaban J connectivity index is -0.0000000483. The van der Waals surface area contributed by atoms with Crippen molar-refractivity contribution in [2.75, 3.05) is 0 Å². The van der Waals surface area contributed by atoms with Crippen molar-refractivity contribution in [1.82, 2.24) is 0 Å². The van der Waals surface area contributed by atoms with E-state index >= 15 is 0 Å². The van der Waals surface area contributed by atoms with Crippen LogP contribution in [-0.2, 0) is 20.9 Å². The minimum Gasteiger partial charge on any atom is -0.784 e. The summed E-state index contributed by atoms with van der Waals surface area (Å²) in [7, 11) is 0. The number of carbonyl (C=O) groups excluding carboxylic acids is 1. The molecule has 8 heteroatoms. The van der Waals surface area contributed by atoms with Gasteiger partial charge in [0, 0.05) is 6.92 Å². The Hall–Kier alpha value is 0.475. The summed E-state index contributed by atoms with van der Waals surface area (Å²) in [6, 6.07) is 0. The van der Waals surface area contributed by atoms with Gasteiger partial charge in [0.05, 0.1) is 6.26 Å². The Morgan fingerprint density at radius 1 is 1.50 bits per heavy atom. The molecule has 0 atom stereocenters. The van der Waals surface area contributed by atoms with Crippen molar-refractivity contribution in [3.05, 3.63) is 12.8 Å². The van der Waals surface area contributed by atoms with Crippen molar-refractivity contribution in [1.29, 1.82) is 0 Å². The minimum absolute atomic E-state index is 0. The van der Waals surface area contributed by atoms with Crippen LogP contribution in [0, 0.1) is 0 Å². The predicted octanol–water partition coefficient (Wildman–Crippen LogP) is -6.30. The number of ether oxygens (including phenoxy) is 1. The zero-order valence-electron chi connectivity index (χ0n) is 7.23. The molecule has 0 aromatic carbocycles. The number of esters is 1. The van der Waals surface area contributed by atoms with E-state index < -0.39 is 11.4 Å². The molecule has 0 amide bonds. The van der Waals surface area contributed by atoms with E-state index in [0.29, 0.717) is 0 Å². The molecule has 5 nitrogen and oxygen atoms in total. The Morgan fingerprint density at radius 2 is 1.75 bits per heavy atom. The molecule has 0 aliphatic rings. The molecule has 0 radical (unpaired) electrons. The summed E-state index contributed by atoms with van der Waals surface area (Å²) in [4.78, 5) is 9.75. The molecule has 0 rings (SSSR count). The maximum absolute atomic E-state index is 9.75. The second-order valence-electron chi connectivity index (χ2n) is 0.980. The minimum atomic E-state index is -3.11. The number of rotatable bonds is 1. The summed E-state index contributed by atoms with van der Waals surface area (Å²) in [6.07, 6.45) is 1.10. The van der Waals surface area contributed by atoms with Crippen LogP contribution in [0.1, 0.15) is 6.92 Å². The topological polar surface area (TPSA) is 89.5 Å². The maximum atomic E-state index is 9.75. The molecule has 12 heavy (non-hydrogen) atoms. The fourth-order valence-electron chi connectivity index (χ4n) is 0.117. The van der Waals surface area contributed by atoms with Gasteiger partial charge in [-0.05, 0) is 0 Å². The van der Waals surface area contributed by atoms with Gasteiger partial charge in [0.25, 0.3) is 0 Å². The fourth-order valence-corrected chi connectivity index (χ4v) is 0.117. The largest absolute Gasteiger partial charge is 1.00 e. The molecule has 0 saturated carbocycles. The summed E-state index contributed by atoms with van der Waals surface area (Å²) >= 11 is -3.11. The first kappa shape index (κ1) is 22.9. The van der Waals surface area contributed by atoms with E-state index in [0.717, 1.165) is 6.26 Å². The van der Waals surface area contributed by atoms with Crippen LogP contribution < -0.4 is 37.7 Å². The molecule has 0 spiro atoms. The normalized spacial score (nSPS) is 6.33. The second-order valence-corrected chi connectivity index (χ2v) is 1.39. The van der Waals surface area contributed by atoms with E-state index in [1.54, 1.807) is 0 Å². The summed E-state index contributed by atoms with van der Waals surface area (Å²) in [5.41, 5.74) is 0. The Bertz CT molecular complexity index is 135. The number of carbonyl (C=O) groups is 1. The summed E-state index contributed by atoms with van der Waals surface area (Å²) < 4.78 is 29.5. The van der Waals surface area contributed by atoms with E-state index in [4.69, 9.17) is 13.3 Å². The zero-order valence-corrected chi connectivity index (χ0v) is 8.05. The molecule has 0 heterocycles. The molecule has 60 valence electrons. The molecule has 0 N–H and O–H groups in total. The average Bonchev–Trinajstić information content (AvgIpc) is 1.62. The molecular formula is C4H6Li2O5S. The van der Waals surface area contributed by atoms with Gasteiger partial charge in [0.1, 0.15) is 0 Å². The molecule has 0 aromatic rings. The van der Waals surface area contributed by atoms with Crippen molar-refractivity contribution >= 4 is 17.3 Å². The fraction of sp³-hybridized carbons (Fsp3) is 0.250. The van der Waals surface area contributed by atoms with Crippen LogP contribution in [0.5, 0.6) is 0 Å². The van der Waals surface area contributed by atoms with Crippen LogP contribution in [0.3, 0.4) is 0 Å². The smallest absolute Gasteiger partial charge is 0.784 e. The number of hydrogen-bond acceptors (Lipinski definition) is 5. The average molecular weight is 180 g/mol. The van der Waals surface area contributed by atoms with Gasteiger partial charge >= 0.3 is 43.7 Å². The molecule has 0 fully saturated rings. The predicted molar refractivity (Wildman–Crippen MR) is 31.7 cm³/mol. The van der Waals surface area contributed by atoms with Crippen molar-refractivity contribution in [2.45, 2.75) is 6.92 Å². The van der Waals surface area contributed by atoms with Crippen LogP contribution in [0.4, 0.5) is 0 Å². The van der Waals surface area contributed by atoms with E-state index in [1.165, 1.54) is 6.92 Å². The van der Waals surface area contributed by atoms with Crippen LogP contribution in [0.2, 0.25) is 0 Å². The van der Waals surface area contributed by atoms with Gasteiger partial charge in [-0.3, -0.25) is 9.00 Å². The SMILES string of the molecule is C=COC(C)=O.O=S([O-])[O-].[Li+].[Li+]. The molecule has 0 aliphatic carbocycles. The monoisotopic (exact) mass is 180 g/mol. The van der Waals surface area contributed by atoms with E-state index in [1.807, 2.05) is 0 Å². The van der Waals surface area contributed by atoms with Gasteiger partial charge in [0.2, 0.25) is 0 Å².